The Morgan fingerprint density at radius 1 is 1.00 bits per heavy atom. The molecule has 0 radical (unpaired) electrons. The van der Waals surface area contributed by atoms with Crippen LogP contribution in [0.3, 0.4) is 0 Å². The lowest BCUT2D eigenvalue weighted by molar-refractivity contribution is 0.211. The van der Waals surface area contributed by atoms with E-state index in [1.54, 1.807) is 10.9 Å². The molecule has 2 aromatic carbocycles. The van der Waals surface area contributed by atoms with Crippen LogP contribution >= 0.6 is 0 Å². The molecule has 0 bridgehead atoms. The number of para-hydroxylation sites is 1. The molecule has 3 aromatic rings. The highest BCUT2D eigenvalue weighted by Gasteiger charge is 2.18. The molecule has 0 fully saturated rings. The molecule has 0 saturated heterocycles. The van der Waals surface area contributed by atoms with Gasteiger partial charge in [0.1, 0.15) is 6.10 Å². The smallest absolute Gasteiger partial charge is 0.121 e. The summed E-state index contributed by atoms with van der Waals surface area (Å²) in [6.45, 7) is 4.05. The van der Waals surface area contributed by atoms with Crippen LogP contribution in [-0.4, -0.2) is 14.9 Å². The standard InChI is InChI=1S/C18H18N2O/c1-13-8-9-14(2)16(12-13)18(21)17-10-11-19-20(17)15-6-4-3-5-7-15/h3-12,18,21H,1-2H3. The lowest BCUT2D eigenvalue weighted by atomic mass is 9.99. The third kappa shape index (κ3) is 2.60. The van der Waals surface area contributed by atoms with Crippen molar-refractivity contribution in [1.82, 2.24) is 9.78 Å². The Morgan fingerprint density at radius 3 is 2.52 bits per heavy atom. The molecule has 0 amide bonds. The summed E-state index contributed by atoms with van der Waals surface area (Å²) in [7, 11) is 0. The van der Waals surface area contributed by atoms with Crippen molar-refractivity contribution in [2.45, 2.75) is 20.0 Å². The summed E-state index contributed by atoms with van der Waals surface area (Å²) in [5.41, 5.74) is 4.86. The molecule has 1 N–H and O–H groups in total. The van der Waals surface area contributed by atoms with Crippen LogP contribution in [0.5, 0.6) is 0 Å². The number of nitrogens with zero attached hydrogens (tertiary/aromatic N) is 2. The third-order valence-corrected chi connectivity index (χ3v) is 3.68. The highest BCUT2D eigenvalue weighted by Crippen LogP contribution is 2.27. The Labute approximate surface area is 124 Å². The van der Waals surface area contributed by atoms with Crippen LogP contribution < -0.4 is 0 Å². The predicted octanol–water partition coefficient (Wildman–Crippen LogP) is 3.57. The summed E-state index contributed by atoms with van der Waals surface area (Å²) in [6, 6.07) is 17.8. The van der Waals surface area contributed by atoms with Gasteiger partial charge >= 0.3 is 0 Å². The van der Waals surface area contributed by atoms with Crippen molar-refractivity contribution in [2.75, 3.05) is 0 Å². The highest BCUT2D eigenvalue weighted by molar-refractivity contribution is 5.39. The number of aromatic nitrogens is 2. The molecule has 1 aromatic heterocycles. The first kappa shape index (κ1) is 13.6. The van der Waals surface area contributed by atoms with Crippen LogP contribution in [0.25, 0.3) is 5.69 Å². The van der Waals surface area contributed by atoms with E-state index in [9.17, 15) is 5.11 Å². The topological polar surface area (TPSA) is 38.1 Å². The van der Waals surface area contributed by atoms with Crippen molar-refractivity contribution < 1.29 is 5.11 Å². The molecule has 21 heavy (non-hydrogen) atoms. The summed E-state index contributed by atoms with van der Waals surface area (Å²) < 4.78 is 1.78. The van der Waals surface area contributed by atoms with Crippen LogP contribution in [-0.2, 0) is 0 Å². The Morgan fingerprint density at radius 2 is 1.76 bits per heavy atom. The van der Waals surface area contributed by atoms with Gasteiger partial charge in [0.15, 0.2) is 0 Å². The zero-order valence-electron chi connectivity index (χ0n) is 12.2. The lowest BCUT2D eigenvalue weighted by Gasteiger charge is -2.16. The van der Waals surface area contributed by atoms with E-state index >= 15 is 0 Å². The van der Waals surface area contributed by atoms with Crippen molar-refractivity contribution in [3.8, 4) is 5.69 Å². The number of hydrogen-bond donors (Lipinski definition) is 1. The van der Waals surface area contributed by atoms with Gasteiger partial charge in [-0.05, 0) is 43.2 Å². The quantitative estimate of drug-likeness (QED) is 0.795. The summed E-state index contributed by atoms with van der Waals surface area (Å²) in [6.07, 6.45) is 1.03. The number of aliphatic hydroxyl groups excluding tert-OH is 1. The van der Waals surface area contributed by atoms with Crippen molar-refractivity contribution in [3.63, 3.8) is 0 Å². The van der Waals surface area contributed by atoms with E-state index < -0.39 is 6.10 Å². The van der Waals surface area contributed by atoms with E-state index in [-0.39, 0.29) is 0 Å². The van der Waals surface area contributed by atoms with Gasteiger partial charge in [0.2, 0.25) is 0 Å². The zero-order valence-corrected chi connectivity index (χ0v) is 12.2. The Balaban J connectivity index is 2.06. The average molecular weight is 278 g/mol. The first-order valence-corrected chi connectivity index (χ1v) is 7.01. The number of benzene rings is 2. The second-order valence-corrected chi connectivity index (χ2v) is 5.27. The van der Waals surface area contributed by atoms with E-state index in [0.717, 1.165) is 28.1 Å². The molecule has 1 unspecified atom stereocenters. The van der Waals surface area contributed by atoms with Gasteiger partial charge in [0, 0.05) is 6.20 Å². The number of aliphatic hydroxyl groups is 1. The van der Waals surface area contributed by atoms with Gasteiger partial charge < -0.3 is 5.11 Å². The maximum atomic E-state index is 10.8. The Bertz CT molecular complexity index is 747. The van der Waals surface area contributed by atoms with Gasteiger partial charge in [0.05, 0.1) is 11.4 Å². The van der Waals surface area contributed by atoms with E-state index in [0.29, 0.717) is 0 Å². The van der Waals surface area contributed by atoms with Gasteiger partial charge in [0.25, 0.3) is 0 Å². The molecule has 3 nitrogen and oxygen atoms in total. The first-order valence-electron chi connectivity index (χ1n) is 7.01. The summed E-state index contributed by atoms with van der Waals surface area (Å²) in [4.78, 5) is 0. The molecule has 0 saturated carbocycles. The molecule has 0 aliphatic rings. The monoisotopic (exact) mass is 278 g/mol. The normalized spacial score (nSPS) is 12.3. The van der Waals surface area contributed by atoms with E-state index in [4.69, 9.17) is 0 Å². The van der Waals surface area contributed by atoms with Crippen molar-refractivity contribution in [2.24, 2.45) is 0 Å². The van der Waals surface area contributed by atoms with Crippen molar-refractivity contribution in [1.29, 1.82) is 0 Å². The minimum absolute atomic E-state index is 0.687. The molecular formula is C18H18N2O. The maximum Gasteiger partial charge on any atom is 0.121 e. The summed E-state index contributed by atoms with van der Waals surface area (Å²) in [5, 5.41) is 15.1. The minimum Gasteiger partial charge on any atom is -0.382 e. The van der Waals surface area contributed by atoms with Gasteiger partial charge in [-0.15, -0.1) is 0 Å². The number of aryl methyl sites for hydroxylation is 2. The lowest BCUT2D eigenvalue weighted by Crippen LogP contribution is -2.09. The minimum atomic E-state index is -0.687. The second-order valence-electron chi connectivity index (χ2n) is 5.27. The van der Waals surface area contributed by atoms with E-state index in [1.165, 1.54) is 0 Å². The van der Waals surface area contributed by atoms with Gasteiger partial charge in [-0.1, -0.05) is 42.0 Å². The molecule has 0 spiro atoms. The van der Waals surface area contributed by atoms with Crippen LogP contribution in [0.1, 0.15) is 28.5 Å². The third-order valence-electron chi connectivity index (χ3n) is 3.68. The molecule has 3 heteroatoms. The fourth-order valence-corrected chi connectivity index (χ4v) is 2.52. The zero-order chi connectivity index (χ0) is 14.8. The number of rotatable bonds is 3. The van der Waals surface area contributed by atoms with E-state index in [2.05, 4.69) is 11.2 Å². The highest BCUT2D eigenvalue weighted by atomic mass is 16.3. The van der Waals surface area contributed by atoms with Crippen LogP contribution in [0.15, 0.2) is 60.8 Å². The number of hydrogen-bond acceptors (Lipinski definition) is 2. The Kier molecular flexibility index (Phi) is 3.59. The summed E-state index contributed by atoms with van der Waals surface area (Å²) in [5.74, 6) is 0. The van der Waals surface area contributed by atoms with Crippen LogP contribution in [0, 0.1) is 13.8 Å². The molecule has 0 aliphatic heterocycles. The molecule has 3 rings (SSSR count). The van der Waals surface area contributed by atoms with Crippen LogP contribution in [0.4, 0.5) is 0 Å². The Hall–Kier alpha value is -2.39. The molecule has 0 aliphatic carbocycles. The second kappa shape index (κ2) is 5.54. The van der Waals surface area contributed by atoms with Crippen LogP contribution in [0.2, 0.25) is 0 Å². The molecule has 106 valence electrons. The van der Waals surface area contributed by atoms with Crippen molar-refractivity contribution in [3.05, 3.63) is 83.2 Å². The first-order chi connectivity index (χ1) is 10.2. The largest absolute Gasteiger partial charge is 0.382 e. The van der Waals surface area contributed by atoms with Gasteiger partial charge in [-0.25, -0.2) is 4.68 Å². The average Bonchev–Trinajstić information content (AvgIpc) is 2.99. The SMILES string of the molecule is Cc1ccc(C)c(C(O)c2ccnn2-c2ccccc2)c1. The van der Waals surface area contributed by atoms with Gasteiger partial charge in [-0.3, -0.25) is 0 Å². The fourth-order valence-electron chi connectivity index (χ4n) is 2.52. The van der Waals surface area contributed by atoms with E-state index in [1.807, 2.05) is 62.4 Å². The summed E-state index contributed by atoms with van der Waals surface area (Å²) >= 11 is 0. The predicted molar refractivity (Wildman–Crippen MR) is 83.5 cm³/mol. The maximum absolute atomic E-state index is 10.8. The fraction of sp³-hybridized carbons (Fsp3) is 0.167. The van der Waals surface area contributed by atoms with Gasteiger partial charge in [-0.2, -0.15) is 5.10 Å². The molecular weight excluding hydrogens is 260 g/mol. The molecule has 1 atom stereocenters. The van der Waals surface area contributed by atoms with Crippen molar-refractivity contribution >= 4 is 0 Å². The molecule has 1 heterocycles.